The van der Waals surface area contributed by atoms with Crippen LogP contribution in [0.5, 0.6) is 0 Å². The number of carbonyl (C=O) groups is 1. The number of nitrogens with one attached hydrogen (secondary N) is 1. The van der Waals surface area contributed by atoms with Crippen molar-refractivity contribution < 1.29 is 9.90 Å². The Hall–Kier alpha value is -2.63. The van der Waals surface area contributed by atoms with Gasteiger partial charge >= 0.3 is 6.03 Å². The van der Waals surface area contributed by atoms with Gasteiger partial charge in [0.2, 0.25) is 0 Å². The molecule has 0 bridgehead atoms. The Labute approximate surface area is 164 Å². The van der Waals surface area contributed by atoms with Gasteiger partial charge in [-0.1, -0.05) is 54.1 Å². The summed E-state index contributed by atoms with van der Waals surface area (Å²) in [4.78, 5) is 14.1. The molecule has 2 aromatic carbocycles. The highest BCUT2D eigenvalue weighted by Crippen LogP contribution is 2.20. The molecule has 2 N–H and O–H groups in total. The number of carbonyl (C=O) groups excluding carboxylic acids is 1. The van der Waals surface area contributed by atoms with Gasteiger partial charge in [0.05, 0.1) is 6.61 Å². The molecule has 0 spiro atoms. The molecule has 5 heteroatoms. The summed E-state index contributed by atoms with van der Waals surface area (Å²) >= 11 is 1.60. The fourth-order valence-electron chi connectivity index (χ4n) is 2.91. The van der Waals surface area contributed by atoms with Crippen LogP contribution in [-0.4, -0.2) is 29.2 Å². The number of aliphatic hydroxyl groups excluding tert-OH is 1. The van der Waals surface area contributed by atoms with Crippen LogP contribution in [0.15, 0.2) is 65.4 Å². The van der Waals surface area contributed by atoms with Gasteiger partial charge in [-0.25, -0.2) is 4.79 Å². The topological polar surface area (TPSA) is 52.6 Å². The number of hydrogen-bond acceptors (Lipinski definition) is 3. The van der Waals surface area contributed by atoms with E-state index in [0.29, 0.717) is 19.6 Å². The second-order valence-corrected chi connectivity index (χ2v) is 7.28. The third kappa shape index (κ3) is 5.42. The standard InChI is InChI=1S/C22H24N2O2S/c1-17-3-2-4-21(13-17)20-7-5-18(6-8-20)14-23-22(26)24(10-11-25)15-19-9-12-27-16-19/h2-9,12-13,16,25H,10-11,14-15H2,1H3,(H,23,26). The molecule has 1 aromatic heterocycles. The zero-order valence-electron chi connectivity index (χ0n) is 15.4. The molecule has 27 heavy (non-hydrogen) atoms. The van der Waals surface area contributed by atoms with E-state index in [9.17, 15) is 9.90 Å². The van der Waals surface area contributed by atoms with Gasteiger partial charge in [0.1, 0.15) is 0 Å². The largest absolute Gasteiger partial charge is 0.395 e. The van der Waals surface area contributed by atoms with Crippen LogP contribution in [0.3, 0.4) is 0 Å². The first-order chi connectivity index (χ1) is 13.2. The summed E-state index contributed by atoms with van der Waals surface area (Å²) in [7, 11) is 0. The molecule has 0 atom stereocenters. The van der Waals surface area contributed by atoms with Crippen LogP contribution in [0.25, 0.3) is 11.1 Å². The zero-order chi connectivity index (χ0) is 19.1. The predicted octanol–water partition coefficient (Wildman–Crippen LogP) is 4.43. The molecule has 0 radical (unpaired) electrons. The van der Waals surface area contributed by atoms with Crippen LogP contribution in [0, 0.1) is 6.92 Å². The summed E-state index contributed by atoms with van der Waals surface area (Å²) in [6.45, 7) is 3.30. The summed E-state index contributed by atoms with van der Waals surface area (Å²) < 4.78 is 0. The van der Waals surface area contributed by atoms with Crippen molar-refractivity contribution in [2.45, 2.75) is 20.0 Å². The molecule has 0 fully saturated rings. The minimum Gasteiger partial charge on any atom is -0.395 e. The van der Waals surface area contributed by atoms with E-state index < -0.39 is 0 Å². The molecule has 4 nitrogen and oxygen atoms in total. The van der Waals surface area contributed by atoms with Gasteiger partial charge < -0.3 is 15.3 Å². The molecule has 0 aliphatic carbocycles. The number of urea groups is 1. The molecule has 0 saturated carbocycles. The van der Waals surface area contributed by atoms with Crippen molar-refractivity contribution in [3.05, 3.63) is 82.0 Å². The SMILES string of the molecule is Cc1cccc(-c2ccc(CNC(=O)N(CCO)Cc3ccsc3)cc2)c1. The summed E-state index contributed by atoms with van der Waals surface area (Å²) in [5, 5.41) is 16.2. The number of nitrogens with zero attached hydrogens (tertiary/aromatic N) is 1. The number of benzene rings is 2. The lowest BCUT2D eigenvalue weighted by molar-refractivity contribution is 0.174. The highest BCUT2D eigenvalue weighted by Gasteiger charge is 2.13. The molecule has 0 aliphatic heterocycles. The quantitative estimate of drug-likeness (QED) is 0.637. The summed E-state index contributed by atoms with van der Waals surface area (Å²) in [6, 6.07) is 18.4. The highest BCUT2D eigenvalue weighted by atomic mass is 32.1. The number of aliphatic hydroxyl groups is 1. The summed E-state index contributed by atoms with van der Waals surface area (Å²) in [5.41, 5.74) is 5.70. The first kappa shape index (κ1) is 19.1. The molecule has 2 amide bonds. The van der Waals surface area contributed by atoms with Gasteiger partial charge in [0.25, 0.3) is 0 Å². The minimum atomic E-state index is -0.169. The van der Waals surface area contributed by atoms with E-state index in [1.165, 1.54) is 11.1 Å². The van der Waals surface area contributed by atoms with E-state index >= 15 is 0 Å². The van der Waals surface area contributed by atoms with Crippen molar-refractivity contribution in [3.8, 4) is 11.1 Å². The summed E-state index contributed by atoms with van der Waals surface area (Å²) in [6.07, 6.45) is 0. The van der Waals surface area contributed by atoms with Gasteiger partial charge in [-0.05, 0) is 46.0 Å². The van der Waals surface area contributed by atoms with E-state index in [1.54, 1.807) is 16.2 Å². The Morgan fingerprint density at radius 1 is 1.07 bits per heavy atom. The van der Waals surface area contributed by atoms with E-state index in [1.807, 2.05) is 29.0 Å². The lowest BCUT2D eigenvalue weighted by Crippen LogP contribution is -2.40. The van der Waals surface area contributed by atoms with Crippen LogP contribution in [-0.2, 0) is 13.1 Å². The Morgan fingerprint density at radius 2 is 1.89 bits per heavy atom. The van der Waals surface area contributed by atoms with Crippen LogP contribution in [0.1, 0.15) is 16.7 Å². The van der Waals surface area contributed by atoms with Gasteiger partial charge in [-0.2, -0.15) is 11.3 Å². The molecule has 0 unspecified atom stereocenters. The number of rotatable bonds is 7. The van der Waals surface area contributed by atoms with Crippen molar-refractivity contribution in [1.29, 1.82) is 0 Å². The normalized spacial score (nSPS) is 10.6. The van der Waals surface area contributed by atoms with Crippen molar-refractivity contribution >= 4 is 17.4 Å². The molecular weight excluding hydrogens is 356 g/mol. The number of aryl methyl sites for hydroxylation is 1. The zero-order valence-corrected chi connectivity index (χ0v) is 16.2. The maximum absolute atomic E-state index is 12.5. The number of amides is 2. The Kier molecular flexibility index (Phi) is 6.63. The average molecular weight is 381 g/mol. The van der Waals surface area contributed by atoms with Crippen molar-refractivity contribution in [1.82, 2.24) is 10.2 Å². The first-order valence-corrected chi connectivity index (χ1v) is 9.90. The molecule has 0 saturated heterocycles. The molecular formula is C22H24N2O2S. The van der Waals surface area contributed by atoms with Crippen LogP contribution in [0.2, 0.25) is 0 Å². The Balaban J connectivity index is 1.59. The van der Waals surface area contributed by atoms with Crippen LogP contribution in [0.4, 0.5) is 4.79 Å². The molecule has 0 aliphatic rings. The van der Waals surface area contributed by atoms with Crippen molar-refractivity contribution in [3.63, 3.8) is 0 Å². The number of hydrogen-bond donors (Lipinski definition) is 2. The van der Waals surface area contributed by atoms with E-state index in [-0.39, 0.29) is 12.6 Å². The van der Waals surface area contributed by atoms with E-state index in [0.717, 1.165) is 16.7 Å². The highest BCUT2D eigenvalue weighted by molar-refractivity contribution is 7.07. The predicted molar refractivity (Wildman–Crippen MR) is 111 cm³/mol. The van der Waals surface area contributed by atoms with Crippen molar-refractivity contribution in [2.75, 3.05) is 13.2 Å². The maximum atomic E-state index is 12.5. The lowest BCUT2D eigenvalue weighted by atomic mass is 10.0. The fraction of sp³-hybridized carbons (Fsp3) is 0.227. The van der Waals surface area contributed by atoms with Crippen LogP contribution >= 0.6 is 11.3 Å². The van der Waals surface area contributed by atoms with E-state index in [2.05, 4.69) is 48.6 Å². The van der Waals surface area contributed by atoms with E-state index in [4.69, 9.17) is 0 Å². The smallest absolute Gasteiger partial charge is 0.318 e. The first-order valence-electron chi connectivity index (χ1n) is 8.96. The minimum absolute atomic E-state index is 0.0528. The van der Waals surface area contributed by atoms with Gasteiger partial charge in [-0.15, -0.1) is 0 Å². The monoisotopic (exact) mass is 380 g/mol. The van der Waals surface area contributed by atoms with Crippen LogP contribution < -0.4 is 5.32 Å². The molecule has 3 rings (SSSR count). The van der Waals surface area contributed by atoms with Gasteiger partial charge in [0, 0.05) is 19.6 Å². The molecule has 1 heterocycles. The third-order valence-electron chi connectivity index (χ3n) is 4.36. The second-order valence-electron chi connectivity index (χ2n) is 6.50. The number of thiophene rings is 1. The van der Waals surface area contributed by atoms with Gasteiger partial charge in [0.15, 0.2) is 0 Å². The maximum Gasteiger partial charge on any atom is 0.318 e. The average Bonchev–Trinajstić information content (AvgIpc) is 3.19. The summed E-state index contributed by atoms with van der Waals surface area (Å²) in [5.74, 6) is 0. The fourth-order valence-corrected chi connectivity index (χ4v) is 3.57. The molecule has 3 aromatic rings. The Bertz CT molecular complexity index is 860. The van der Waals surface area contributed by atoms with Gasteiger partial charge in [-0.3, -0.25) is 0 Å². The Morgan fingerprint density at radius 3 is 2.56 bits per heavy atom. The lowest BCUT2D eigenvalue weighted by Gasteiger charge is -2.22. The molecule has 140 valence electrons. The van der Waals surface area contributed by atoms with Crippen molar-refractivity contribution in [2.24, 2.45) is 0 Å². The second kappa shape index (κ2) is 9.35. The third-order valence-corrected chi connectivity index (χ3v) is 5.09.